The van der Waals surface area contributed by atoms with Gasteiger partial charge in [0.15, 0.2) is 0 Å². The lowest BCUT2D eigenvalue weighted by molar-refractivity contribution is 0.249. The second-order valence-electron chi connectivity index (χ2n) is 6.80. The molecule has 1 fully saturated rings. The number of rotatable bonds is 4. The second-order valence-corrected chi connectivity index (χ2v) is 8.04. The molecular formula is C21H23IN4. The topological polar surface area (TPSA) is 32.3 Å². The van der Waals surface area contributed by atoms with Crippen LogP contribution in [-0.2, 0) is 13.0 Å². The highest BCUT2D eigenvalue weighted by Gasteiger charge is 2.18. The molecule has 4 nitrogen and oxygen atoms in total. The molecule has 0 unspecified atom stereocenters. The van der Waals surface area contributed by atoms with Gasteiger partial charge in [0.1, 0.15) is 5.82 Å². The number of fused-ring (bicyclic) bond motifs is 1. The van der Waals surface area contributed by atoms with Crippen LogP contribution < -0.4 is 4.90 Å². The van der Waals surface area contributed by atoms with Crippen LogP contribution in [0.5, 0.6) is 0 Å². The fraction of sp³-hybridized carbons (Fsp3) is 0.333. The molecule has 3 aromatic rings. The standard InChI is InChI=1S/C21H23IN4/c1-2-16-4-3-5-17(12-16)15-25-8-10-26(11-9-25)21-14-23-20-13-18(22)6-7-19(20)24-21/h3-7,12-14H,2,8-11,15H2,1H3. The maximum Gasteiger partial charge on any atom is 0.147 e. The van der Waals surface area contributed by atoms with E-state index in [0.29, 0.717) is 0 Å². The molecule has 1 aromatic heterocycles. The van der Waals surface area contributed by atoms with Crippen LogP contribution in [0.1, 0.15) is 18.1 Å². The summed E-state index contributed by atoms with van der Waals surface area (Å²) in [5.74, 6) is 0.992. The molecule has 2 aromatic carbocycles. The minimum atomic E-state index is 0.968. The average Bonchev–Trinajstić information content (AvgIpc) is 2.68. The van der Waals surface area contributed by atoms with Crippen molar-refractivity contribution in [1.29, 1.82) is 0 Å². The highest BCUT2D eigenvalue weighted by atomic mass is 127. The molecule has 0 spiro atoms. The van der Waals surface area contributed by atoms with Gasteiger partial charge in [0.05, 0.1) is 17.2 Å². The molecule has 0 atom stereocenters. The summed E-state index contributed by atoms with van der Waals surface area (Å²) in [6, 6.07) is 15.2. The van der Waals surface area contributed by atoms with Crippen LogP contribution in [-0.4, -0.2) is 41.0 Å². The van der Waals surface area contributed by atoms with Crippen LogP contribution in [0.25, 0.3) is 11.0 Å². The van der Waals surface area contributed by atoms with Crippen molar-refractivity contribution in [2.75, 3.05) is 31.1 Å². The lowest BCUT2D eigenvalue weighted by atomic mass is 10.1. The summed E-state index contributed by atoms with van der Waals surface area (Å²) in [7, 11) is 0. The predicted molar refractivity (Wildman–Crippen MR) is 116 cm³/mol. The third-order valence-electron chi connectivity index (χ3n) is 4.99. The third-order valence-corrected chi connectivity index (χ3v) is 5.66. The van der Waals surface area contributed by atoms with Crippen molar-refractivity contribution < 1.29 is 0 Å². The Morgan fingerprint density at radius 1 is 0.962 bits per heavy atom. The average molecular weight is 458 g/mol. The number of aromatic nitrogens is 2. The minimum Gasteiger partial charge on any atom is -0.353 e. The molecule has 1 aliphatic heterocycles. The van der Waals surface area contributed by atoms with Gasteiger partial charge in [-0.2, -0.15) is 0 Å². The van der Waals surface area contributed by atoms with E-state index in [4.69, 9.17) is 4.98 Å². The molecule has 5 heteroatoms. The van der Waals surface area contributed by atoms with Crippen LogP contribution >= 0.6 is 22.6 Å². The van der Waals surface area contributed by atoms with Crippen molar-refractivity contribution in [2.45, 2.75) is 19.9 Å². The Kier molecular flexibility index (Phi) is 5.36. The van der Waals surface area contributed by atoms with Gasteiger partial charge in [0, 0.05) is 36.3 Å². The Balaban J connectivity index is 1.40. The molecule has 0 saturated carbocycles. The van der Waals surface area contributed by atoms with E-state index < -0.39 is 0 Å². The Hall–Kier alpha value is -1.73. The summed E-state index contributed by atoms with van der Waals surface area (Å²) in [4.78, 5) is 14.3. The molecule has 0 N–H and O–H groups in total. The Bertz CT molecular complexity index is 903. The van der Waals surface area contributed by atoms with Crippen LogP contribution in [0, 0.1) is 3.57 Å². The van der Waals surface area contributed by atoms with Gasteiger partial charge in [-0.05, 0) is 58.3 Å². The highest BCUT2D eigenvalue weighted by molar-refractivity contribution is 14.1. The maximum atomic E-state index is 4.81. The van der Waals surface area contributed by atoms with E-state index in [0.717, 1.165) is 56.0 Å². The number of benzene rings is 2. The van der Waals surface area contributed by atoms with Gasteiger partial charge >= 0.3 is 0 Å². The number of hydrogen-bond acceptors (Lipinski definition) is 4. The van der Waals surface area contributed by atoms with Gasteiger partial charge in [-0.3, -0.25) is 9.88 Å². The van der Waals surface area contributed by atoms with E-state index in [1.165, 1.54) is 14.7 Å². The Morgan fingerprint density at radius 3 is 2.58 bits per heavy atom. The van der Waals surface area contributed by atoms with Gasteiger partial charge in [-0.25, -0.2) is 4.98 Å². The largest absolute Gasteiger partial charge is 0.353 e. The first-order valence-corrected chi connectivity index (χ1v) is 10.3. The fourth-order valence-electron chi connectivity index (χ4n) is 3.47. The zero-order valence-electron chi connectivity index (χ0n) is 15.0. The first kappa shape index (κ1) is 17.7. The van der Waals surface area contributed by atoms with E-state index >= 15 is 0 Å². The first-order valence-electron chi connectivity index (χ1n) is 9.19. The quantitative estimate of drug-likeness (QED) is 0.551. The zero-order valence-corrected chi connectivity index (χ0v) is 17.2. The third kappa shape index (κ3) is 3.99. The predicted octanol–water partition coefficient (Wildman–Crippen LogP) is 4.12. The summed E-state index contributed by atoms with van der Waals surface area (Å²) in [5.41, 5.74) is 4.77. The SMILES string of the molecule is CCc1cccc(CN2CCN(c3cnc4cc(I)ccc4n3)CC2)c1. The molecule has 1 saturated heterocycles. The maximum absolute atomic E-state index is 4.81. The minimum absolute atomic E-state index is 0.968. The van der Waals surface area contributed by atoms with E-state index in [2.05, 4.69) is 86.8 Å². The summed E-state index contributed by atoms with van der Waals surface area (Å²) in [6.45, 7) is 7.36. The number of anilines is 1. The zero-order chi connectivity index (χ0) is 17.9. The number of piperazine rings is 1. The van der Waals surface area contributed by atoms with Crippen molar-refractivity contribution in [2.24, 2.45) is 0 Å². The van der Waals surface area contributed by atoms with Gasteiger partial charge < -0.3 is 4.90 Å². The number of nitrogens with zero attached hydrogens (tertiary/aromatic N) is 4. The van der Waals surface area contributed by atoms with E-state index in [9.17, 15) is 0 Å². The van der Waals surface area contributed by atoms with Gasteiger partial charge in [0.25, 0.3) is 0 Å². The van der Waals surface area contributed by atoms with Crippen LogP contribution in [0.2, 0.25) is 0 Å². The summed E-state index contributed by atoms with van der Waals surface area (Å²) in [6.07, 6.45) is 3.01. The Labute approximate surface area is 168 Å². The van der Waals surface area contributed by atoms with Gasteiger partial charge in [-0.1, -0.05) is 31.2 Å². The molecule has 0 aliphatic carbocycles. The molecule has 134 valence electrons. The smallest absolute Gasteiger partial charge is 0.147 e. The molecule has 1 aliphatic rings. The summed E-state index contributed by atoms with van der Waals surface area (Å²) >= 11 is 2.31. The lowest BCUT2D eigenvalue weighted by Gasteiger charge is -2.35. The fourth-order valence-corrected chi connectivity index (χ4v) is 3.94. The van der Waals surface area contributed by atoms with Gasteiger partial charge in [-0.15, -0.1) is 0 Å². The number of aryl methyl sites for hydroxylation is 1. The van der Waals surface area contributed by atoms with Crippen molar-refractivity contribution in [1.82, 2.24) is 14.9 Å². The lowest BCUT2D eigenvalue weighted by Crippen LogP contribution is -2.46. The number of hydrogen-bond donors (Lipinski definition) is 0. The molecular weight excluding hydrogens is 435 g/mol. The van der Waals surface area contributed by atoms with Crippen molar-refractivity contribution in [3.63, 3.8) is 0 Å². The summed E-state index contributed by atoms with van der Waals surface area (Å²) < 4.78 is 1.19. The van der Waals surface area contributed by atoms with Crippen LogP contribution in [0.4, 0.5) is 5.82 Å². The second kappa shape index (κ2) is 7.88. The van der Waals surface area contributed by atoms with E-state index in [-0.39, 0.29) is 0 Å². The highest BCUT2D eigenvalue weighted by Crippen LogP contribution is 2.19. The summed E-state index contributed by atoms with van der Waals surface area (Å²) in [5, 5.41) is 0. The molecule has 0 radical (unpaired) electrons. The molecule has 26 heavy (non-hydrogen) atoms. The van der Waals surface area contributed by atoms with Crippen molar-refractivity contribution in [3.8, 4) is 0 Å². The van der Waals surface area contributed by atoms with Crippen molar-refractivity contribution >= 4 is 39.4 Å². The molecule has 0 amide bonds. The number of halogens is 1. The van der Waals surface area contributed by atoms with Crippen LogP contribution in [0.3, 0.4) is 0 Å². The Morgan fingerprint density at radius 2 is 1.77 bits per heavy atom. The van der Waals surface area contributed by atoms with Gasteiger partial charge in [0.2, 0.25) is 0 Å². The monoisotopic (exact) mass is 458 g/mol. The first-order chi connectivity index (χ1) is 12.7. The van der Waals surface area contributed by atoms with Crippen molar-refractivity contribution in [3.05, 3.63) is 63.4 Å². The van der Waals surface area contributed by atoms with E-state index in [1.54, 1.807) is 0 Å². The van der Waals surface area contributed by atoms with E-state index in [1.807, 2.05) is 6.20 Å². The normalized spacial score (nSPS) is 15.5. The molecule has 0 bridgehead atoms. The molecule has 4 rings (SSSR count). The molecule has 2 heterocycles. The van der Waals surface area contributed by atoms with Crippen LogP contribution in [0.15, 0.2) is 48.7 Å².